The van der Waals surface area contributed by atoms with Crippen LogP contribution in [0.5, 0.6) is 0 Å². The molecule has 3 rings (SSSR count). The van der Waals surface area contributed by atoms with Crippen molar-refractivity contribution in [2.45, 2.75) is 19.4 Å². The summed E-state index contributed by atoms with van der Waals surface area (Å²) in [6.07, 6.45) is 4.07. The zero-order valence-electron chi connectivity index (χ0n) is 14.6. The Morgan fingerprint density at radius 1 is 1.24 bits per heavy atom. The SMILES string of the molecule is CN(CCO)c1ccc(NCc2c(F)cccc2N2CCCC2)nc1. The maximum Gasteiger partial charge on any atom is 0.130 e. The largest absolute Gasteiger partial charge is 0.395 e. The normalized spacial score (nSPS) is 14.0. The van der Waals surface area contributed by atoms with E-state index in [2.05, 4.69) is 15.2 Å². The van der Waals surface area contributed by atoms with Crippen molar-refractivity contribution in [1.82, 2.24) is 4.98 Å². The number of halogens is 1. The molecule has 0 unspecified atom stereocenters. The molecule has 0 aliphatic carbocycles. The summed E-state index contributed by atoms with van der Waals surface area (Å²) < 4.78 is 14.3. The molecule has 2 heterocycles. The van der Waals surface area contributed by atoms with Gasteiger partial charge in [0, 0.05) is 44.5 Å². The minimum absolute atomic E-state index is 0.100. The monoisotopic (exact) mass is 344 g/mol. The Morgan fingerprint density at radius 3 is 2.72 bits per heavy atom. The van der Waals surface area contributed by atoms with Gasteiger partial charge in [0.25, 0.3) is 0 Å². The fraction of sp³-hybridized carbons (Fsp3) is 0.421. The van der Waals surface area contributed by atoms with Crippen molar-refractivity contribution in [2.24, 2.45) is 0 Å². The van der Waals surface area contributed by atoms with Gasteiger partial charge in [-0.1, -0.05) is 6.07 Å². The molecule has 5 nitrogen and oxygen atoms in total. The second-order valence-electron chi connectivity index (χ2n) is 6.33. The minimum Gasteiger partial charge on any atom is -0.395 e. The highest BCUT2D eigenvalue weighted by Gasteiger charge is 2.18. The summed E-state index contributed by atoms with van der Waals surface area (Å²) in [4.78, 5) is 8.56. The number of nitrogens with one attached hydrogen (secondary N) is 1. The quantitative estimate of drug-likeness (QED) is 0.809. The lowest BCUT2D eigenvalue weighted by Gasteiger charge is -2.22. The van der Waals surface area contributed by atoms with Crippen molar-refractivity contribution >= 4 is 17.2 Å². The Morgan fingerprint density at radius 2 is 2.04 bits per heavy atom. The molecule has 1 fully saturated rings. The van der Waals surface area contributed by atoms with Gasteiger partial charge < -0.3 is 20.2 Å². The fourth-order valence-electron chi connectivity index (χ4n) is 3.15. The highest BCUT2D eigenvalue weighted by atomic mass is 19.1. The standard InChI is InChI=1S/C19H25FN4O/c1-23(11-12-25)15-7-8-19(21-13-15)22-14-16-17(20)5-4-6-18(16)24-9-2-3-10-24/h4-8,13,25H,2-3,9-12,14H2,1H3,(H,21,22). The van der Waals surface area contributed by atoms with Gasteiger partial charge in [0.1, 0.15) is 11.6 Å². The van der Waals surface area contributed by atoms with E-state index in [0.717, 1.165) is 37.3 Å². The molecule has 25 heavy (non-hydrogen) atoms. The average Bonchev–Trinajstić information content (AvgIpc) is 3.15. The van der Waals surface area contributed by atoms with E-state index < -0.39 is 0 Å². The summed E-state index contributed by atoms with van der Waals surface area (Å²) in [5, 5.41) is 12.2. The third kappa shape index (κ3) is 4.20. The van der Waals surface area contributed by atoms with Crippen molar-refractivity contribution in [3.05, 3.63) is 47.9 Å². The maximum absolute atomic E-state index is 14.3. The van der Waals surface area contributed by atoms with E-state index in [-0.39, 0.29) is 12.4 Å². The first-order valence-electron chi connectivity index (χ1n) is 8.73. The lowest BCUT2D eigenvalue weighted by molar-refractivity contribution is 0.304. The average molecular weight is 344 g/mol. The van der Waals surface area contributed by atoms with Gasteiger partial charge >= 0.3 is 0 Å². The molecule has 0 bridgehead atoms. The summed E-state index contributed by atoms with van der Waals surface area (Å²) in [5.41, 5.74) is 2.60. The number of hydrogen-bond acceptors (Lipinski definition) is 5. The zero-order chi connectivity index (χ0) is 17.6. The second kappa shape index (κ2) is 8.16. The molecule has 0 saturated carbocycles. The number of pyridine rings is 1. The van der Waals surface area contributed by atoms with Crippen LogP contribution in [0.3, 0.4) is 0 Å². The van der Waals surface area contributed by atoms with Gasteiger partial charge in [-0.2, -0.15) is 0 Å². The van der Waals surface area contributed by atoms with E-state index in [9.17, 15) is 4.39 Å². The molecule has 1 saturated heterocycles. The molecule has 1 aromatic carbocycles. The Balaban J connectivity index is 1.69. The van der Waals surface area contributed by atoms with Crippen LogP contribution in [0.2, 0.25) is 0 Å². The molecule has 1 aliphatic rings. The number of aliphatic hydroxyl groups is 1. The summed E-state index contributed by atoms with van der Waals surface area (Å²) >= 11 is 0. The van der Waals surface area contributed by atoms with Gasteiger partial charge in [0.05, 0.1) is 18.5 Å². The van der Waals surface area contributed by atoms with Crippen molar-refractivity contribution < 1.29 is 9.50 Å². The van der Waals surface area contributed by atoms with Crippen LogP contribution in [0, 0.1) is 5.82 Å². The molecule has 6 heteroatoms. The smallest absolute Gasteiger partial charge is 0.130 e. The van der Waals surface area contributed by atoms with E-state index in [1.54, 1.807) is 12.3 Å². The number of hydrogen-bond donors (Lipinski definition) is 2. The highest BCUT2D eigenvalue weighted by Crippen LogP contribution is 2.27. The number of nitrogens with zero attached hydrogens (tertiary/aromatic N) is 3. The van der Waals surface area contributed by atoms with Crippen LogP contribution in [0.4, 0.5) is 21.6 Å². The molecule has 1 aliphatic heterocycles. The first-order chi connectivity index (χ1) is 12.2. The van der Waals surface area contributed by atoms with Gasteiger partial charge in [-0.15, -0.1) is 0 Å². The third-order valence-electron chi connectivity index (χ3n) is 4.61. The molecule has 2 aromatic rings. The fourth-order valence-corrected chi connectivity index (χ4v) is 3.15. The van der Waals surface area contributed by atoms with Crippen LogP contribution >= 0.6 is 0 Å². The van der Waals surface area contributed by atoms with Crippen LogP contribution in [-0.4, -0.2) is 43.4 Å². The number of likely N-dealkylation sites (N-methyl/N-ethyl adjacent to an activating group) is 1. The van der Waals surface area contributed by atoms with E-state index >= 15 is 0 Å². The van der Waals surface area contributed by atoms with Crippen molar-refractivity contribution in [3.8, 4) is 0 Å². The summed E-state index contributed by atoms with van der Waals surface area (Å²) in [7, 11) is 1.90. The van der Waals surface area contributed by atoms with Gasteiger partial charge in [-0.05, 0) is 37.1 Å². The minimum atomic E-state index is -0.184. The molecule has 2 N–H and O–H groups in total. The molecular formula is C19H25FN4O. The van der Waals surface area contributed by atoms with E-state index in [1.165, 1.54) is 6.07 Å². The number of anilines is 3. The Bertz CT molecular complexity index is 686. The summed E-state index contributed by atoms with van der Waals surface area (Å²) in [6.45, 7) is 3.03. The number of rotatable bonds is 7. The first-order valence-corrected chi connectivity index (χ1v) is 8.73. The molecule has 1 aromatic heterocycles. The molecular weight excluding hydrogens is 319 g/mol. The lowest BCUT2D eigenvalue weighted by Crippen LogP contribution is -2.21. The van der Waals surface area contributed by atoms with E-state index in [0.29, 0.717) is 24.5 Å². The van der Waals surface area contributed by atoms with Crippen LogP contribution in [0.1, 0.15) is 18.4 Å². The third-order valence-corrected chi connectivity index (χ3v) is 4.61. The Labute approximate surface area is 148 Å². The summed E-state index contributed by atoms with van der Waals surface area (Å²) in [6, 6.07) is 9.09. The molecule has 134 valence electrons. The van der Waals surface area contributed by atoms with Gasteiger partial charge in [-0.3, -0.25) is 0 Å². The van der Waals surface area contributed by atoms with Gasteiger partial charge in [0.15, 0.2) is 0 Å². The molecule has 0 spiro atoms. The predicted molar refractivity (Wildman–Crippen MR) is 99.8 cm³/mol. The van der Waals surface area contributed by atoms with Crippen molar-refractivity contribution in [2.75, 3.05) is 48.4 Å². The first kappa shape index (κ1) is 17.5. The van der Waals surface area contributed by atoms with Crippen molar-refractivity contribution in [3.63, 3.8) is 0 Å². The van der Waals surface area contributed by atoms with E-state index in [4.69, 9.17) is 5.11 Å². The predicted octanol–water partition coefficient (Wildman–Crippen LogP) is 2.86. The summed E-state index contributed by atoms with van der Waals surface area (Å²) in [5.74, 6) is 0.521. The van der Waals surface area contributed by atoms with Crippen LogP contribution in [0.15, 0.2) is 36.5 Å². The Kier molecular flexibility index (Phi) is 5.71. The number of benzene rings is 1. The molecule has 0 atom stereocenters. The second-order valence-corrected chi connectivity index (χ2v) is 6.33. The Hall–Kier alpha value is -2.34. The van der Waals surface area contributed by atoms with Crippen LogP contribution < -0.4 is 15.1 Å². The van der Waals surface area contributed by atoms with E-state index in [1.807, 2.05) is 30.1 Å². The number of aromatic nitrogens is 1. The highest BCUT2D eigenvalue weighted by molar-refractivity contribution is 5.56. The van der Waals surface area contributed by atoms with Crippen LogP contribution in [0.25, 0.3) is 0 Å². The molecule has 0 amide bonds. The lowest BCUT2D eigenvalue weighted by atomic mass is 10.1. The molecule has 0 radical (unpaired) electrons. The topological polar surface area (TPSA) is 51.6 Å². The van der Waals surface area contributed by atoms with Crippen LogP contribution in [-0.2, 0) is 6.54 Å². The number of aliphatic hydroxyl groups excluding tert-OH is 1. The zero-order valence-corrected chi connectivity index (χ0v) is 14.6. The van der Waals surface area contributed by atoms with Gasteiger partial charge in [0.2, 0.25) is 0 Å². The van der Waals surface area contributed by atoms with Gasteiger partial charge in [-0.25, -0.2) is 9.37 Å². The van der Waals surface area contributed by atoms with Crippen molar-refractivity contribution in [1.29, 1.82) is 0 Å². The maximum atomic E-state index is 14.3.